The highest BCUT2D eigenvalue weighted by Gasteiger charge is 2.20. The van der Waals surface area contributed by atoms with E-state index in [4.69, 9.17) is 9.73 Å². The van der Waals surface area contributed by atoms with Gasteiger partial charge in [-0.3, -0.25) is 4.99 Å². The first-order chi connectivity index (χ1) is 12.8. The van der Waals surface area contributed by atoms with E-state index in [-0.39, 0.29) is 0 Å². The number of nitrogens with zero attached hydrogens (tertiary/aromatic N) is 5. The number of hydrogen-bond acceptors (Lipinski definition) is 4. The molecule has 0 radical (unpaired) electrons. The summed E-state index contributed by atoms with van der Waals surface area (Å²) in [7, 11) is 1.71. The third kappa shape index (κ3) is 4.68. The Morgan fingerprint density at radius 3 is 2.81 bits per heavy atom. The molecule has 0 unspecified atom stereocenters. The fourth-order valence-corrected chi connectivity index (χ4v) is 3.10. The number of hydrogen-bond donors (Lipinski definition) is 1. The van der Waals surface area contributed by atoms with Crippen LogP contribution in [0.2, 0.25) is 0 Å². The number of piperazine rings is 1. The highest BCUT2D eigenvalue weighted by Crippen LogP contribution is 2.22. The Bertz CT molecular complexity index is 692. The minimum atomic E-state index is 0.745. The van der Waals surface area contributed by atoms with Gasteiger partial charge in [-0.2, -0.15) is 0 Å². The molecule has 0 aliphatic carbocycles. The van der Waals surface area contributed by atoms with Gasteiger partial charge in [0.25, 0.3) is 0 Å². The maximum Gasteiger partial charge on any atom is 0.194 e. The normalized spacial score (nSPS) is 15.2. The van der Waals surface area contributed by atoms with Crippen LogP contribution in [0.5, 0.6) is 5.75 Å². The molecule has 2 aromatic rings. The van der Waals surface area contributed by atoms with Crippen molar-refractivity contribution >= 4 is 11.6 Å². The van der Waals surface area contributed by atoms with Crippen LogP contribution < -0.4 is 15.0 Å². The van der Waals surface area contributed by atoms with Crippen LogP contribution in [0, 0.1) is 0 Å². The predicted molar refractivity (Wildman–Crippen MR) is 105 cm³/mol. The molecule has 26 heavy (non-hydrogen) atoms. The number of benzene rings is 1. The molecule has 1 aromatic carbocycles. The van der Waals surface area contributed by atoms with Gasteiger partial charge in [0.15, 0.2) is 5.96 Å². The number of rotatable bonds is 6. The Balaban J connectivity index is 1.56. The quantitative estimate of drug-likeness (QED) is 0.630. The molecule has 0 saturated carbocycles. The predicted octanol–water partition coefficient (Wildman–Crippen LogP) is 1.68. The molecule has 7 heteroatoms. The lowest BCUT2D eigenvalue weighted by molar-refractivity contribution is 0.371. The van der Waals surface area contributed by atoms with E-state index >= 15 is 0 Å². The molecule has 1 aromatic heterocycles. The SMILES string of the molecule is CCNC(=NCCn1ccnc1)N1CCN(c2cccc(OC)c2)CC1. The van der Waals surface area contributed by atoms with E-state index < -0.39 is 0 Å². The third-order valence-electron chi connectivity index (χ3n) is 4.51. The summed E-state index contributed by atoms with van der Waals surface area (Å²) >= 11 is 0. The van der Waals surface area contributed by atoms with Gasteiger partial charge < -0.3 is 24.4 Å². The lowest BCUT2D eigenvalue weighted by atomic mass is 10.2. The molecule has 0 bridgehead atoms. The minimum absolute atomic E-state index is 0.745. The molecule has 1 fully saturated rings. The Labute approximate surface area is 155 Å². The highest BCUT2D eigenvalue weighted by molar-refractivity contribution is 5.80. The summed E-state index contributed by atoms with van der Waals surface area (Å²) in [4.78, 5) is 13.6. The van der Waals surface area contributed by atoms with Gasteiger partial charge in [0, 0.05) is 63.4 Å². The lowest BCUT2D eigenvalue weighted by Crippen LogP contribution is -2.52. The zero-order valence-electron chi connectivity index (χ0n) is 15.6. The molecule has 1 aliphatic rings. The van der Waals surface area contributed by atoms with Gasteiger partial charge in [0.2, 0.25) is 0 Å². The first-order valence-corrected chi connectivity index (χ1v) is 9.18. The lowest BCUT2D eigenvalue weighted by Gasteiger charge is -2.37. The van der Waals surface area contributed by atoms with Crippen molar-refractivity contribution in [3.63, 3.8) is 0 Å². The van der Waals surface area contributed by atoms with Crippen LogP contribution in [-0.4, -0.2) is 66.8 Å². The van der Waals surface area contributed by atoms with Crippen LogP contribution >= 0.6 is 0 Å². The topological polar surface area (TPSA) is 57.9 Å². The number of imidazole rings is 1. The fraction of sp³-hybridized carbons (Fsp3) is 0.474. The fourth-order valence-electron chi connectivity index (χ4n) is 3.10. The number of ether oxygens (including phenoxy) is 1. The summed E-state index contributed by atoms with van der Waals surface area (Å²) in [6.45, 7) is 8.42. The Morgan fingerprint density at radius 2 is 2.12 bits per heavy atom. The van der Waals surface area contributed by atoms with Crippen molar-refractivity contribution in [2.24, 2.45) is 4.99 Å². The summed E-state index contributed by atoms with van der Waals surface area (Å²) in [5.41, 5.74) is 1.21. The van der Waals surface area contributed by atoms with Gasteiger partial charge in [-0.1, -0.05) is 6.07 Å². The van der Waals surface area contributed by atoms with Crippen molar-refractivity contribution in [3.05, 3.63) is 43.0 Å². The first kappa shape index (κ1) is 18.1. The first-order valence-electron chi connectivity index (χ1n) is 9.18. The third-order valence-corrected chi connectivity index (χ3v) is 4.51. The van der Waals surface area contributed by atoms with Crippen LogP contribution in [0.25, 0.3) is 0 Å². The Hall–Kier alpha value is -2.70. The molecule has 1 aliphatic heterocycles. The van der Waals surface area contributed by atoms with Crippen molar-refractivity contribution in [2.75, 3.05) is 51.3 Å². The van der Waals surface area contributed by atoms with E-state index in [9.17, 15) is 0 Å². The van der Waals surface area contributed by atoms with Gasteiger partial charge in [0.1, 0.15) is 5.75 Å². The van der Waals surface area contributed by atoms with Crippen LogP contribution in [0.3, 0.4) is 0 Å². The average Bonchev–Trinajstić information content (AvgIpc) is 3.21. The van der Waals surface area contributed by atoms with Crippen molar-refractivity contribution < 1.29 is 4.74 Å². The van der Waals surface area contributed by atoms with Crippen molar-refractivity contribution in [1.82, 2.24) is 19.8 Å². The summed E-state index contributed by atoms with van der Waals surface area (Å²) in [6.07, 6.45) is 5.59. The largest absolute Gasteiger partial charge is 0.497 e. The second-order valence-electron chi connectivity index (χ2n) is 6.21. The van der Waals surface area contributed by atoms with Gasteiger partial charge in [0.05, 0.1) is 20.0 Å². The highest BCUT2D eigenvalue weighted by atomic mass is 16.5. The van der Waals surface area contributed by atoms with E-state index in [0.717, 1.165) is 57.5 Å². The number of aliphatic imine (C=N–C) groups is 1. The van der Waals surface area contributed by atoms with E-state index in [1.165, 1.54) is 5.69 Å². The second-order valence-corrected chi connectivity index (χ2v) is 6.21. The van der Waals surface area contributed by atoms with Gasteiger partial charge in [-0.15, -0.1) is 0 Å². The van der Waals surface area contributed by atoms with Crippen LogP contribution in [0.15, 0.2) is 48.0 Å². The maximum absolute atomic E-state index is 5.34. The van der Waals surface area contributed by atoms with Crippen molar-refractivity contribution in [2.45, 2.75) is 13.5 Å². The second kappa shape index (κ2) is 9.12. The van der Waals surface area contributed by atoms with E-state index in [1.54, 1.807) is 13.3 Å². The number of nitrogens with one attached hydrogen (secondary N) is 1. The van der Waals surface area contributed by atoms with Crippen LogP contribution in [-0.2, 0) is 6.54 Å². The van der Waals surface area contributed by atoms with Crippen LogP contribution in [0.1, 0.15) is 6.92 Å². The monoisotopic (exact) mass is 356 g/mol. The molecule has 0 atom stereocenters. The summed E-state index contributed by atoms with van der Waals surface area (Å²) in [5.74, 6) is 1.90. The molecule has 140 valence electrons. The molecule has 1 N–H and O–H groups in total. The summed E-state index contributed by atoms with van der Waals surface area (Å²) in [6, 6.07) is 8.26. The molecular formula is C19H28N6O. The summed E-state index contributed by atoms with van der Waals surface area (Å²) in [5, 5.41) is 3.42. The smallest absolute Gasteiger partial charge is 0.194 e. The molecular weight excluding hydrogens is 328 g/mol. The molecule has 2 heterocycles. The number of anilines is 1. The molecule has 7 nitrogen and oxygen atoms in total. The minimum Gasteiger partial charge on any atom is -0.497 e. The van der Waals surface area contributed by atoms with Gasteiger partial charge in [-0.05, 0) is 19.1 Å². The van der Waals surface area contributed by atoms with Gasteiger partial charge in [-0.25, -0.2) is 4.98 Å². The molecule has 1 saturated heterocycles. The molecule has 0 spiro atoms. The molecule has 3 rings (SSSR count). The van der Waals surface area contributed by atoms with Gasteiger partial charge >= 0.3 is 0 Å². The zero-order valence-corrected chi connectivity index (χ0v) is 15.6. The van der Waals surface area contributed by atoms with Crippen molar-refractivity contribution in [3.8, 4) is 5.75 Å². The number of methoxy groups -OCH3 is 1. The van der Waals surface area contributed by atoms with E-state index in [1.807, 2.05) is 29.2 Å². The van der Waals surface area contributed by atoms with Crippen molar-refractivity contribution in [1.29, 1.82) is 0 Å². The van der Waals surface area contributed by atoms with E-state index in [0.29, 0.717) is 0 Å². The Morgan fingerprint density at radius 1 is 1.27 bits per heavy atom. The van der Waals surface area contributed by atoms with Crippen LogP contribution in [0.4, 0.5) is 5.69 Å². The number of aromatic nitrogens is 2. The Kier molecular flexibility index (Phi) is 6.35. The van der Waals surface area contributed by atoms with E-state index in [2.05, 4.69) is 39.2 Å². The zero-order chi connectivity index (χ0) is 18.2. The maximum atomic E-state index is 5.34. The summed E-state index contributed by atoms with van der Waals surface area (Å²) < 4.78 is 7.39. The number of guanidine groups is 1. The average molecular weight is 356 g/mol. The standard InChI is InChI=1S/C19H28N6O/c1-3-21-19(22-8-10-23-9-7-20-16-23)25-13-11-24(12-14-25)17-5-4-6-18(15-17)26-2/h4-7,9,15-16H,3,8,10-14H2,1-2H3,(H,21,22). The molecule has 0 amide bonds.